The zero-order valence-corrected chi connectivity index (χ0v) is 12.9. The van der Waals surface area contributed by atoms with E-state index in [4.69, 9.17) is 23.2 Å². The molecule has 0 spiro atoms. The molecule has 19 heavy (non-hydrogen) atoms. The second-order valence-electron chi connectivity index (χ2n) is 5.08. The third kappa shape index (κ3) is 3.98. The second-order valence-corrected chi connectivity index (χ2v) is 5.92. The highest BCUT2D eigenvalue weighted by atomic mass is 35.5. The van der Waals surface area contributed by atoms with Gasteiger partial charge in [0.05, 0.1) is 6.04 Å². The number of nitrogens with one attached hydrogen (secondary N) is 1. The summed E-state index contributed by atoms with van der Waals surface area (Å²) in [5.74, 6) is 0. The molecular formula is C16H21Cl2N. The Hall–Kier alpha value is -0.500. The third-order valence-electron chi connectivity index (χ3n) is 3.57. The molecule has 1 aromatic rings. The minimum absolute atomic E-state index is 0.241. The zero-order chi connectivity index (χ0) is 13.7. The van der Waals surface area contributed by atoms with Crippen LogP contribution in [-0.2, 0) is 0 Å². The first-order valence-corrected chi connectivity index (χ1v) is 7.85. The fraction of sp³-hybridized carbons (Fsp3) is 0.500. The van der Waals surface area contributed by atoms with Crippen molar-refractivity contribution >= 4 is 23.2 Å². The molecule has 0 fully saturated rings. The lowest BCUT2D eigenvalue weighted by Crippen LogP contribution is -2.25. The van der Waals surface area contributed by atoms with Crippen LogP contribution in [0.2, 0.25) is 10.0 Å². The number of rotatable bonds is 5. The Labute approximate surface area is 126 Å². The summed E-state index contributed by atoms with van der Waals surface area (Å²) in [4.78, 5) is 0. The van der Waals surface area contributed by atoms with Gasteiger partial charge in [0.15, 0.2) is 0 Å². The van der Waals surface area contributed by atoms with Gasteiger partial charge in [0.1, 0.15) is 0 Å². The first-order valence-electron chi connectivity index (χ1n) is 7.09. The van der Waals surface area contributed by atoms with Crippen LogP contribution in [-0.4, -0.2) is 6.54 Å². The number of allylic oxidation sites excluding steroid dienone is 1. The monoisotopic (exact) mass is 297 g/mol. The van der Waals surface area contributed by atoms with Crippen molar-refractivity contribution in [1.82, 2.24) is 5.32 Å². The molecule has 0 aromatic heterocycles. The molecule has 0 bridgehead atoms. The van der Waals surface area contributed by atoms with Gasteiger partial charge in [-0.2, -0.15) is 0 Å². The Bertz CT molecular complexity index is 454. The van der Waals surface area contributed by atoms with Crippen LogP contribution < -0.4 is 5.32 Å². The average molecular weight is 298 g/mol. The van der Waals surface area contributed by atoms with E-state index in [9.17, 15) is 0 Å². The molecule has 0 amide bonds. The van der Waals surface area contributed by atoms with Gasteiger partial charge in [-0.15, -0.1) is 0 Å². The highest BCUT2D eigenvalue weighted by molar-refractivity contribution is 6.35. The molecule has 0 heterocycles. The number of hydrogen-bond acceptors (Lipinski definition) is 1. The van der Waals surface area contributed by atoms with Crippen molar-refractivity contribution in [3.05, 3.63) is 45.5 Å². The zero-order valence-electron chi connectivity index (χ0n) is 11.4. The van der Waals surface area contributed by atoms with Crippen molar-refractivity contribution in [2.45, 2.75) is 45.1 Å². The van der Waals surface area contributed by atoms with Gasteiger partial charge in [-0.05, 0) is 56.3 Å². The van der Waals surface area contributed by atoms with Crippen LogP contribution in [0.3, 0.4) is 0 Å². The molecule has 1 atom stereocenters. The molecule has 1 unspecified atom stereocenters. The van der Waals surface area contributed by atoms with Gasteiger partial charge >= 0.3 is 0 Å². The lowest BCUT2D eigenvalue weighted by molar-refractivity contribution is 0.547. The summed E-state index contributed by atoms with van der Waals surface area (Å²) in [5.41, 5.74) is 2.62. The maximum absolute atomic E-state index is 6.37. The van der Waals surface area contributed by atoms with E-state index in [2.05, 4.69) is 18.3 Å². The summed E-state index contributed by atoms with van der Waals surface area (Å²) in [6, 6.07) is 6.05. The Balaban J connectivity index is 2.27. The standard InChI is InChI=1S/C16H21Cl2N/c1-2-10-19-16(12-6-4-3-5-7-12)14-9-8-13(17)11-15(14)18/h6,8-9,11,16,19H,2-5,7,10H2,1H3. The van der Waals surface area contributed by atoms with Crippen molar-refractivity contribution in [2.24, 2.45) is 0 Å². The number of halogens is 2. The van der Waals surface area contributed by atoms with Crippen LogP contribution in [0.25, 0.3) is 0 Å². The van der Waals surface area contributed by atoms with Crippen LogP contribution in [0.5, 0.6) is 0 Å². The van der Waals surface area contributed by atoms with Crippen molar-refractivity contribution < 1.29 is 0 Å². The molecule has 0 saturated carbocycles. The van der Waals surface area contributed by atoms with Gasteiger partial charge in [0, 0.05) is 10.0 Å². The van der Waals surface area contributed by atoms with Crippen molar-refractivity contribution in [3.8, 4) is 0 Å². The predicted octanol–water partition coefficient (Wildman–Crippen LogP) is 5.53. The molecule has 0 saturated heterocycles. The lowest BCUT2D eigenvalue weighted by Gasteiger charge is -2.26. The van der Waals surface area contributed by atoms with E-state index < -0.39 is 0 Å². The van der Waals surface area contributed by atoms with E-state index in [-0.39, 0.29) is 6.04 Å². The molecule has 1 aliphatic rings. The fourth-order valence-corrected chi connectivity index (χ4v) is 3.11. The van der Waals surface area contributed by atoms with E-state index in [0.717, 1.165) is 23.6 Å². The smallest absolute Gasteiger partial charge is 0.0550 e. The summed E-state index contributed by atoms with van der Waals surface area (Å²) in [6.45, 7) is 3.18. The van der Waals surface area contributed by atoms with Crippen LogP contribution in [0.4, 0.5) is 0 Å². The summed E-state index contributed by atoms with van der Waals surface area (Å²) >= 11 is 12.4. The molecule has 104 valence electrons. The summed E-state index contributed by atoms with van der Waals surface area (Å²) in [6.07, 6.45) is 8.43. The summed E-state index contributed by atoms with van der Waals surface area (Å²) in [5, 5.41) is 5.07. The first-order chi connectivity index (χ1) is 9.22. The maximum atomic E-state index is 6.37. The Morgan fingerprint density at radius 3 is 2.74 bits per heavy atom. The van der Waals surface area contributed by atoms with E-state index >= 15 is 0 Å². The highest BCUT2D eigenvalue weighted by Crippen LogP contribution is 2.34. The minimum atomic E-state index is 0.241. The SMILES string of the molecule is CCCNC(C1=CCCCC1)c1ccc(Cl)cc1Cl. The fourth-order valence-electron chi connectivity index (χ4n) is 2.59. The molecule has 2 rings (SSSR count). The highest BCUT2D eigenvalue weighted by Gasteiger charge is 2.19. The Morgan fingerprint density at radius 2 is 2.11 bits per heavy atom. The molecule has 1 aliphatic carbocycles. The van der Waals surface area contributed by atoms with Crippen molar-refractivity contribution in [2.75, 3.05) is 6.54 Å². The number of hydrogen-bond donors (Lipinski definition) is 1. The van der Waals surface area contributed by atoms with Crippen LogP contribution in [0.1, 0.15) is 50.6 Å². The van der Waals surface area contributed by atoms with Gasteiger partial charge < -0.3 is 5.32 Å². The summed E-state index contributed by atoms with van der Waals surface area (Å²) < 4.78 is 0. The first kappa shape index (κ1) is 14.9. The average Bonchev–Trinajstić information content (AvgIpc) is 2.42. The van der Waals surface area contributed by atoms with Gasteiger partial charge in [-0.3, -0.25) is 0 Å². The van der Waals surface area contributed by atoms with Gasteiger partial charge in [0.2, 0.25) is 0 Å². The molecule has 1 N–H and O–H groups in total. The van der Waals surface area contributed by atoms with Crippen LogP contribution >= 0.6 is 23.2 Å². The maximum Gasteiger partial charge on any atom is 0.0550 e. The van der Waals surface area contributed by atoms with Crippen molar-refractivity contribution in [3.63, 3.8) is 0 Å². The predicted molar refractivity (Wildman–Crippen MR) is 84.0 cm³/mol. The van der Waals surface area contributed by atoms with Crippen LogP contribution in [0.15, 0.2) is 29.8 Å². The summed E-state index contributed by atoms with van der Waals surface area (Å²) in [7, 11) is 0. The van der Waals surface area contributed by atoms with E-state index in [1.165, 1.54) is 31.3 Å². The molecule has 1 nitrogen and oxygen atoms in total. The molecule has 1 aromatic carbocycles. The van der Waals surface area contributed by atoms with E-state index in [1.54, 1.807) is 0 Å². The topological polar surface area (TPSA) is 12.0 Å². The number of benzene rings is 1. The Kier molecular flexibility index (Phi) is 5.75. The second kappa shape index (κ2) is 7.33. The normalized spacial score (nSPS) is 17.1. The lowest BCUT2D eigenvalue weighted by atomic mass is 9.89. The van der Waals surface area contributed by atoms with E-state index in [1.807, 2.05) is 18.2 Å². The molecule has 0 radical (unpaired) electrons. The largest absolute Gasteiger partial charge is 0.306 e. The molecule has 0 aliphatic heterocycles. The molecule has 3 heteroatoms. The van der Waals surface area contributed by atoms with Gasteiger partial charge in [-0.1, -0.05) is 47.8 Å². The van der Waals surface area contributed by atoms with Gasteiger partial charge in [0.25, 0.3) is 0 Å². The minimum Gasteiger partial charge on any atom is -0.306 e. The van der Waals surface area contributed by atoms with Crippen LogP contribution in [0, 0.1) is 0 Å². The quantitative estimate of drug-likeness (QED) is 0.704. The Morgan fingerprint density at radius 1 is 1.26 bits per heavy atom. The van der Waals surface area contributed by atoms with Crippen molar-refractivity contribution in [1.29, 1.82) is 0 Å². The third-order valence-corrected chi connectivity index (χ3v) is 4.13. The van der Waals surface area contributed by atoms with E-state index in [0.29, 0.717) is 5.02 Å². The van der Waals surface area contributed by atoms with Gasteiger partial charge in [-0.25, -0.2) is 0 Å². The molecular weight excluding hydrogens is 277 g/mol.